The maximum Gasteiger partial charge on any atom is 0.246 e. The number of ether oxygens (including phenoxy) is 1. The number of nitrogens with zero attached hydrogens (tertiary/aromatic N) is 2. The van der Waals surface area contributed by atoms with Crippen LogP contribution in [0.4, 0.5) is 0 Å². The third-order valence-corrected chi connectivity index (χ3v) is 6.58. The fourth-order valence-electron chi connectivity index (χ4n) is 4.87. The Bertz CT molecular complexity index is 810. The summed E-state index contributed by atoms with van der Waals surface area (Å²) in [6, 6.07) is 8.35. The van der Waals surface area contributed by atoms with Crippen LogP contribution < -0.4 is 5.32 Å². The first kappa shape index (κ1) is 20.2. The number of hydrogen-bond donors (Lipinski definition) is 2. The van der Waals surface area contributed by atoms with Gasteiger partial charge in [-0.1, -0.05) is 42.5 Å². The van der Waals surface area contributed by atoms with Crippen LogP contribution in [0.5, 0.6) is 0 Å². The molecule has 3 aliphatic rings. The van der Waals surface area contributed by atoms with Crippen LogP contribution in [0.25, 0.3) is 0 Å². The smallest absolute Gasteiger partial charge is 0.246 e. The Morgan fingerprint density at radius 2 is 1.90 bits per heavy atom. The number of aliphatic hydroxyl groups excluding tert-OH is 1. The van der Waals surface area contributed by atoms with Gasteiger partial charge in [-0.15, -0.1) is 0 Å². The van der Waals surface area contributed by atoms with Gasteiger partial charge in [-0.05, 0) is 32.3 Å². The molecule has 1 aromatic rings. The molecule has 5 atom stereocenters. The van der Waals surface area contributed by atoms with Crippen molar-refractivity contribution in [3.63, 3.8) is 0 Å². The average molecular weight is 399 g/mol. The lowest BCUT2D eigenvalue weighted by Gasteiger charge is -2.49. The van der Waals surface area contributed by atoms with Crippen molar-refractivity contribution in [1.82, 2.24) is 15.3 Å². The highest BCUT2D eigenvalue weighted by Crippen LogP contribution is 2.39. The third-order valence-electron chi connectivity index (χ3n) is 6.58. The quantitative estimate of drug-likeness (QED) is 0.576. The molecule has 0 radical (unpaired) electrons. The van der Waals surface area contributed by atoms with Gasteiger partial charge in [-0.25, -0.2) is 10.0 Å². The number of benzene rings is 1. The van der Waals surface area contributed by atoms with E-state index in [1.54, 1.807) is 13.2 Å². The number of nitrogens with one attached hydrogen (secondary N) is 1. The second kappa shape index (κ2) is 7.65. The van der Waals surface area contributed by atoms with E-state index in [4.69, 9.17) is 4.74 Å². The van der Waals surface area contributed by atoms with E-state index in [2.05, 4.69) is 10.3 Å². The maximum absolute atomic E-state index is 12.8. The molecule has 2 fully saturated rings. The summed E-state index contributed by atoms with van der Waals surface area (Å²) in [5, 5.41) is 17.8. The average Bonchev–Trinajstić information content (AvgIpc) is 3.33. The van der Waals surface area contributed by atoms with Crippen LogP contribution in [-0.2, 0) is 14.3 Å². The van der Waals surface area contributed by atoms with Crippen LogP contribution in [0, 0.1) is 5.92 Å². The number of hydrogen-bond acceptors (Lipinski definition) is 6. The zero-order valence-corrected chi connectivity index (χ0v) is 17.1. The Balaban J connectivity index is 1.76. The molecule has 0 unspecified atom stereocenters. The van der Waals surface area contributed by atoms with Crippen molar-refractivity contribution >= 4 is 11.8 Å². The number of hydrazine groups is 1. The Morgan fingerprint density at radius 1 is 1.17 bits per heavy atom. The standard InChI is InChI=1S/C22H29N3O4/c1-22(2,29-3)17-10-7-13-24(17)25-16(19(26)14-8-5-4-6-9-14)12-11-15-18(25)21(28)23-20(15)27/h4-6,8-9,11-12,15-19,26H,7,10,13H2,1-3H3,(H,23,27,28)/t15-,16-,17+,18+,19-/m0/s1. The summed E-state index contributed by atoms with van der Waals surface area (Å²) >= 11 is 0. The number of aliphatic hydroxyl groups is 1. The maximum atomic E-state index is 12.8. The van der Waals surface area contributed by atoms with E-state index in [1.807, 2.05) is 55.3 Å². The van der Waals surface area contributed by atoms with Crippen molar-refractivity contribution in [2.45, 2.75) is 56.5 Å². The highest BCUT2D eigenvalue weighted by Gasteiger charge is 2.54. The molecule has 4 rings (SSSR count). The molecular formula is C22H29N3O4. The summed E-state index contributed by atoms with van der Waals surface area (Å²) < 4.78 is 5.77. The highest BCUT2D eigenvalue weighted by molar-refractivity contribution is 6.08. The minimum Gasteiger partial charge on any atom is -0.386 e. The zero-order valence-electron chi connectivity index (χ0n) is 17.1. The van der Waals surface area contributed by atoms with E-state index >= 15 is 0 Å². The topological polar surface area (TPSA) is 82.1 Å². The first-order chi connectivity index (χ1) is 13.8. The van der Waals surface area contributed by atoms with Crippen LogP contribution >= 0.6 is 0 Å². The Labute approximate surface area is 171 Å². The van der Waals surface area contributed by atoms with Gasteiger partial charge in [0.2, 0.25) is 11.8 Å². The number of imide groups is 1. The molecule has 0 bridgehead atoms. The summed E-state index contributed by atoms with van der Waals surface area (Å²) in [6.07, 6.45) is 4.68. The molecule has 29 heavy (non-hydrogen) atoms. The molecule has 2 saturated heterocycles. The number of methoxy groups -OCH3 is 1. The second-order valence-electron chi connectivity index (χ2n) is 8.56. The first-order valence-electron chi connectivity index (χ1n) is 10.2. The summed E-state index contributed by atoms with van der Waals surface area (Å²) in [4.78, 5) is 25.1. The molecule has 3 heterocycles. The van der Waals surface area contributed by atoms with Gasteiger partial charge in [0.1, 0.15) is 6.04 Å². The molecule has 2 amide bonds. The Kier molecular flexibility index (Phi) is 5.33. The van der Waals surface area contributed by atoms with Gasteiger partial charge in [0.25, 0.3) is 0 Å². The van der Waals surface area contributed by atoms with E-state index in [0.29, 0.717) is 0 Å². The largest absolute Gasteiger partial charge is 0.386 e. The van der Waals surface area contributed by atoms with E-state index in [1.165, 1.54) is 0 Å². The Hall–Kier alpha value is -2.06. The van der Waals surface area contributed by atoms with Crippen molar-refractivity contribution in [3.05, 3.63) is 48.0 Å². The molecule has 156 valence electrons. The molecule has 7 nitrogen and oxygen atoms in total. The van der Waals surface area contributed by atoms with E-state index in [-0.39, 0.29) is 17.9 Å². The summed E-state index contributed by atoms with van der Waals surface area (Å²) in [5.74, 6) is -1.14. The fourth-order valence-corrected chi connectivity index (χ4v) is 4.87. The van der Waals surface area contributed by atoms with E-state index in [0.717, 1.165) is 24.9 Å². The lowest BCUT2D eigenvalue weighted by molar-refractivity contribution is -0.174. The number of rotatable bonds is 5. The highest BCUT2D eigenvalue weighted by atomic mass is 16.5. The zero-order chi connectivity index (χ0) is 20.8. The normalized spacial score (nSPS) is 31.7. The lowest BCUT2D eigenvalue weighted by atomic mass is 9.90. The lowest BCUT2D eigenvalue weighted by Crippen LogP contribution is -2.64. The van der Waals surface area contributed by atoms with Crippen molar-refractivity contribution in [2.24, 2.45) is 5.92 Å². The van der Waals surface area contributed by atoms with E-state index in [9.17, 15) is 14.7 Å². The van der Waals surface area contributed by atoms with Gasteiger partial charge in [0.05, 0.1) is 29.7 Å². The molecule has 7 heteroatoms. The van der Waals surface area contributed by atoms with E-state index < -0.39 is 29.7 Å². The van der Waals surface area contributed by atoms with Gasteiger partial charge in [-0.3, -0.25) is 14.9 Å². The summed E-state index contributed by atoms with van der Waals surface area (Å²) in [5.41, 5.74) is 0.339. The summed E-state index contributed by atoms with van der Waals surface area (Å²) in [6.45, 7) is 4.82. The summed E-state index contributed by atoms with van der Waals surface area (Å²) in [7, 11) is 1.69. The van der Waals surface area contributed by atoms with Crippen LogP contribution in [0.2, 0.25) is 0 Å². The molecule has 1 aromatic carbocycles. The van der Waals surface area contributed by atoms with Gasteiger partial charge in [0.15, 0.2) is 0 Å². The van der Waals surface area contributed by atoms with Crippen molar-refractivity contribution in [2.75, 3.05) is 13.7 Å². The van der Waals surface area contributed by atoms with Crippen LogP contribution in [0.3, 0.4) is 0 Å². The Morgan fingerprint density at radius 3 is 2.59 bits per heavy atom. The van der Waals surface area contributed by atoms with Crippen LogP contribution in [0.15, 0.2) is 42.5 Å². The minimum atomic E-state index is -0.830. The molecule has 3 aliphatic heterocycles. The third kappa shape index (κ3) is 3.42. The van der Waals surface area contributed by atoms with Gasteiger partial charge in [0, 0.05) is 13.7 Å². The number of carbonyl (C=O) groups is 2. The SMILES string of the molecule is COC(C)(C)[C@H]1CCCN1N1[C@H]([C@@H](O)c2ccccc2)C=C[C@@H]2C(=O)NC(=O)[C@@H]21. The molecular weight excluding hydrogens is 370 g/mol. The minimum absolute atomic E-state index is 0.0358. The molecule has 2 N–H and O–H groups in total. The second-order valence-corrected chi connectivity index (χ2v) is 8.56. The molecule has 0 saturated carbocycles. The molecule has 0 spiro atoms. The monoisotopic (exact) mass is 399 g/mol. The number of fused-ring (bicyclic) bond motifs is 1. The number of carbonyl (C=O) groups excluding carboxylic acids is 2. The van der Waals surface area contributed by atoms with Gasteiger partial charge >= 0.3 is 0 Å². The predicted molar refractivity (Wildman–Crippen MR) is 107 cm³/mol. The number of amides is 2. The fraction of sp³-hybridized carbons (Fsp3) is 0.545. The van der Waals surface area contributed by atoms with Crippen molar-refractivity contribution in [1.29, 1.82) is 0 Å². The van der Waals surface area contributed by atoms with Crippen molar-refractivity contribution in [3.8, 4) is 0 Å². The first-order valence-corrected chi connectivity index (χ1v) is 10.2. The molecule has 0 aromatic heterocycles. The predicted octanol–water partition coefficient (Wildman–Crippen LogP) is 1.41. The van der Waals surface area contributed by atoms with Crippen molar-refractivity contribution < 1.29 is 19.4 Å². The van der Waals surface area contributed by atoms with Crippen LogP contribution in [-0.4, -0.2) is 64.3 Å². The molecule has 0 aliphatic carbocycles. The van der Waals surface area contributed by atoms with Crippen LogP contribution in [0.1, 0.15) is 38.4 Å². The van der Waals surface area contributed by atoms with Gasteiger partial charge in [-0.2, -0.15) is 0 Å². The van der Waals surface area contributed by atoms with Gasteiger partial charge < -0.3 is 9.84 Å².